The van der Waals surface area contributed by atoms with E-state index in [4.69, 9.17) is 0 Å². The Morgan fingerprint density at radius 1 is 1.43 bits per heavy atom. The number of pyridine rings is 1. The van der Waals surface area contributed by atoms with Gasteiger partial charge in [-0.15, -0.1) is 0 Å². The molecule has 1 aliphatic heterocycles. The Bertz CT molecular complexity index is 469. The molecule has 5 heteroatoms. The van der Waals surface area contributed by atoms with Crippen molar-refractivity contribution in [2.45, 2.75) is 38.8 Å². The van der Waals surface area contributed by atoms with Gasteiger partial charge in [-0.2, -0.15) is 0 Å². The summed E-state index contributed by atoms with van der Waals surface area (Å²) in [6, 6.07) is 4.36. The second-order valence-corrected chi connectivity index (χ2v) is 5.99. The van der Waals surface area contributed by atoms with Crippen LogP contribution in [-0.2, 0) is 11.3 Å². The molecule has 1 aliphatic rings. The number of rotatable bonds is 6. The van der Waals surface area contributed by atoms with Crippen molar-refractivity contribution in [3.05, 3.63) is 23.9 Å². The fraction of sp³-hybridized carbons (Fsp3) is 0.625. The van der Waals surface area contributed by atoms with Gasteiger partial charge in [0.25, 0.3) is 0 Å². The lowest BCUT2D eigenvalue weighted by molar-refractivity contribution is -0.129. The second-order valence-electron chi connectivity index (χ2n) is 5.99. The lowest BCUT2D eigenvalue weighted by Gasteiger charge is -2.18. The molecule has 0 bridgehead atoms. The zero-order valence-electron chi connectivity index (χ0n) is 13.3. The SMILES string of the molecule is CC(CC(=O)N(C)C)NCc1ccnc(N2CCCC2)c1. The van der Waals surface area contributed by atoms with Gasteiger partial charge in [0.1, 0.15) is 5.82 Å². The first-order valence-corrected chi connectivity index (χ1v) is 7.69. The molecular weight excluding hydrogens is 264 g/mol. The lowest BCUT2D eigenvalue weighted by atomic mass is 10.2. The zero-order valence-corrected chi connectivity index (χ0v) is 13.3. The second kappa shape index (κ2) is 7.41. The highest BCUT2D eigenvalue weighted by Crippen LogP contribution is 2.18. The molecule has 1 saturated heterocycles. The topological polar surface area (TPSA) is 48.5 Å². The van der Waals surface area contributed by atoms with Crippen molar-refractivity contribution in [3.63, 3.8) is 0 Å². The van der Waals surface area contributed by atoms with Crippen LogP contribution in [0.2, 0.25) is 0 Å². The molecule has 1 fully saturated rings. The monoisotopic (exact) mass is 290 g/mol. The third kappa shape index (κ3) is 4.70. The van der Waals surface area contributed by atoms with Gasteiger partial charge in [0.15, 0.2) is 0 Å². The summed E-state index contributed by atoms with van der Waals surface area (Å²) < 4.78 is 0. The maximum absolute atomic E-state index is 11.7. The Balaban J connectivity index is 1.85. The Hall–Kier alpha value is -1.62. The number of carbonyl (C=O) groups is 1. The van der Waals surface area contributed by atoms with Crippen molar-refractivity contribution in [1.82, 2.24) is 15.2 Å². The van der Waals surface area contributed by atoms with E-state index in [-0.39, 0.29) is 11.9 Å². The van der Waals surface area contributed by atoms with E-state index in [9.17, 15) is 4.79 Å². The van der Waals surface area contributed by atoms with Crippen molar-refractivity contribution < 1.29 is 4.79 Å². The van der Waals surface area contributed by atoms with E-state index in [1.165, 1.54) is 18.4 Å². The highest BCUT2D eigenvalue weighted by molar-refractivity contribution is 5.76. The van der Waals surface area contributed by atoms with E-state index in [1.54, 1.807) is 19.0 Å². The van der Waals surface area contributed by atoms with Crippen LogP contribution in [-0.4, -0.2) is 49.0 Å². The minimum atomic E-state index is 0.155. The van der Waals surface area contributed by atoms with Gasteiger partial charge in [-0.25, -0.2) is 4.98 Å². The van der Waals surface area contributed by atoms with Crippen molar-refractivity contribution in [2.75, 3.05) is 32.1 Å². The van der Waals surface area contributed by atoms with Crippen LogP contribution in [0.15, 0.2) is 18.3 Å². The number of anilines is 1. The lowest BCUT2D eigenvalue weighted by Crippen LogP contribution is -2.33. The van der Waals surface area contributed by atoms with E-state index in [0.717, 1.165) is 25.5 Å². The van der Waals surface area contributed by atoms with Gasteiger partial charge in [-0.05, 0) is 37.5 Å². The van der Waals surface area contributed by atoms with Crippen LogP contribution < -0.4 is 10.2 Å². The molecular formula is C16H26N4O. The molecule has 1 N–H and O–H groups in total. The number of nitrogens with one attached hydrogen (secondary N) is 1. The molecule has 116 valence electrons. The number of nitrogens with zero attached hydrogens (tertiary/aromatic N) is 3. The standard InChI is InChI=1S/C16H26N4O/c1-13(10-16(21)19(2)3)18-12-14-6-7-17-15(11-14)20-8-4-5-9-20/h6-7,11,13,18H,4-5,8-10,12H2,1-3H3. The first-order chi connectivity index (χ1) is 10.1. The van der Waals surface area contributed by atoms with Crippen molar-refractivity contribution in [3.8, 4) is 0 Å². The Labute approximate surface area is 127 Å². The molecule has 0 aliphatic carbocycles. The molecule has 0 radical (unpaired) electrons. The molecule has 2 rings (SSSR count). The summed E-state index contributed by atoms with van der Waals surface area (Å²) in [7, 11) is 3.58. The van der Waals surface area contributed by atoms with Gasteiger partial charge in [0.05, 0.1) is 0 Å². The van der Waals surface area contributed by atoms with Gasteiger partial charge in [-0.3, -0.25) is 4.79 Å². The quantitative estimate of drug-likeness (QED) is 0.865. The molecule has 5 nitrogen and oxygen atoms in total. The van der Waals surface area contributed by atoms with Gasteiger partial charge in [0, 0.05) is 52.4 Å². The van der Waals surface area contributed by atoms with E-state index < -0.39 is 0 Å². The molecule has 1 amide bonds. The number of carbonyl (C=O) groups excluding carboxylic acids is 1. The highest BCUT2D eigenvalue weighted by Gasteiger charge is 2.14. The van der Waals surface area contributed by atoms with Gasteiger partial charge < -0.3 is 15.1 Å². The number of amides is 1. The van der Waals surface area contributed by atoms with E-state index in [0.29, 0.717) is 6.42 Å². The molecule has 1 unspecified atom stereocenters. The fourth-order valence-corrected chi connectivity index (χ4v) is 2.50. The Morgan fingerprint density at radius 3 is 2.81 bits per heavy atom. The predicted octanol–water partition coefficient (Wildman–Crippen LogP) is 1.64. The molecule has 0 spiro atoms. The van der Waals surface area contributed by atoms with Crippen LogP contribution in [0.1, 0.15) is 31.7 Å². The van der Waals surface area contributed by atoms with Crippen LogP contribution >= 0.6 is 0 Å². The number of aromatic nitrogens is 1. The highest BCUT2D eigenvalue weighted by atomic mass is 16.2. The molecule has 21 heavy (non-hydrogen) atoms. The molecule has 0 saturated carbocycles. The van der Waals surface area contributed by atoms with E-state index in [2.05, 4.69) is 21.3 Å². The summed E-state index contributed by atoms with van der Waals surface area (Å²) in [5.41, 5.74) is 1.22. The summed E-state index contributed by atoms with van der Waals surface area (Å²) in [6.07, 6.45) is 4.92. The minimum absolute atomic E-state index is 0.155. The number of hydrogen-bond donors (Lipinski definition) is 1. The first kappa shape index (κ1) is 15.8. The number of hydrogen-bond acceptors (Lipinski definition) is 4. The van der Waals surface area contributed by atoms with Crippen molar-refractivity contribution in [1.29, 1.82) is 0 Å². The third-order valence-corrected chi connectivity index (χ3v) is 3.87. The summed E-state index contributed by atoms with van der Waals surface area (Å²) >= 11 is 0. The normalized spacial score (nSPS) is 16.0. The minimum Gasteiger partial charge on any atom is -0.357 e. The maximum Gasteiger partial charge on any atom is 0.223 e. The van der Waals surface area contributed by atoms with Crippen LogP contribution in [0.3, 0.4) is 0 Å². The Morgan fingerprint density at radius 2 is 2.14 bits per heavy atom. The zero-order chi connectivity index (χ0) is 15.2. The molecule has 2 heterocycles. The molecule has 1 aromatic heterocycles. The summed E-state index contributed by atoms with van der Waals surface area (Å²) in [5, 5.41) is 3.41. The van der Waals surface area contributed by atoms with Crippen LogP contribution in [0, 0.1) is 0 Å². The van der Waals surface area contributed by atoms with Crippen LogP contribution in [0.5, 0.6) is 0 Å². The Kier molecular flexibility index (Phi) is 5.56. The van der Waals surface area contributed by atoms with Crippen molar-refractivity contribution >= 4 is 11.7 Å². The van der Waals surface area contributed by atoms with E-state index >= 15 is 0 Å². The largest absolute Gasteiger partial charge is 0.357 e. The average molecular weight is 290 g/mol. The summed E-state index contributed by atoms with van der Waals surface area (Å²) in [6.45, 7) is 5.03. The smallest absolute Gasteiger partial charge is 0.223 e. The van der Waals surface area contributed by atoms with Crippen LogP contribution in [0.4, 0.5) is 5.82 Å². The molecule has 0 aromatic carbocycles. The van der Waals surface area contributed by atoms with E-state index in [1.807, 2.05) is 19.2 Å². The van der Waals surface area contributed by atoms with Crippen LogP contribution in [0.25, 0.3) is 0 Å². The van der Waals surface area contributed by atoms with Gasteiger partial charge in [-0.1, -0.05) is 0 Å². The summed E-state index contributed by atoms with van der Waals surface area (Å²) in [4.78, 5) is 20.1. The van der Waals surface area contributed by atoms with Crippen molar-refractivity contribution in [2.24, 2.45) is 0 Å². The first-order valence-electron chi connectivity index (χ1n) is 7.69. The fourth-order valence-electron chi connectivity index (χ4n) is 2.50. The third-order valence-electron chi connectivity index (χ3n) is 3.87. The average Bonchev–Trinajstić information content (AvgIpc) is 2.99. The van der Waals surface area contributed by atoms with Gasteiger partial charge >= 0.3 is 0 Å². The maximum atomic E-state index is 11.7. The van der Waals surface area contributed by atoms with Gasteiger partial charge in [0.2, 0.25) is 5.91 Å². The summed E-state index contributed by atoms with van der Waals surface area (Å²) in [5.74, 6) is 1.23. The molecule has 1 atom stereocenters. The molecule has 1 aromatic rings. The predicted molar refractivity (Wildman–Crippen MR) is 85.3 cm³/mol.